The second kappa shape index (κ2) is 23.2. The molecular weight excluding hydrogens is 1220 g/mol. The Kier molecular flexibility index (Phi) is 11.4. The maximum absolute atomic E-state index is 10.0. The van der Waals surface area contributed by atoms with E-state index in [4.69, 9.17) is 2.74 Å². The molecule has 2 aromatic heterocycles. The average molecular weight is 1330 g/mol. The summed E-state index contributed by atoms with van der Waals surface area (Å²) in [5.74, 6) is 0. The number of fused-ring (bicyclic) bond motifs is 10. The van der Waals surface area contributed by atoms with Crippen LogP contribution in [0, 0.1) is 0 Å². The minimum absolute atomic E-state index is 0.0643. The van der Waals surface area contributed by atoms with E-state index in [2.05, 4.69) is 244 Å². The largest absolute Gasteiger partial charge is 0.311 e. The van der Waals surface area contributed by atoms with Gasteiger partial charge in [-0.25, -0.2) is 0 Å². The van der Waals surface area contributed by atoms with Crippen LogP contribution in [0.4, 0.5) is 34.1 Å². The molecule has 0 saturated heterocycles. The first-order valence-corrected chi connectivity index (χ1v) is 35.3. The zero-order valence-corrected chi connectivity index (χ0v) is 61.3. The lowest BCUT2D eigenvalue weighted by Gasteiger charge is -2.45. The van der Waals surface area contributed by atoms with Gasteiger partial charge in [0.25, 0.3) is 6.71 Å². The first kappa shape index (κ1) is 49.4. The predicted molar refractivity (Wildman–Crippen MR) is 438 cm³/mol. The van der Waals surface area contributed by atoms with Crippen LogP contribution in [0.25, 0.3) is 88.4 Å². The molecule has 4 heterocycles. The van der Waals surface area contributed by atoms with Crippen molar-refractivity contribution in [2.24, 2.45) is 0 Å². The van der Waals surface area contributed by atoms with Gasteiger partial charge in [0.05, 0.1) is 49.7 Å². The van der Waals surface area contributed by atoms with Crippen molar-refractivity contribution in [1.29, 1.82) is 0 Å². The fraction of sp³-hybridized carbons (Fsp3) is 0.250. The van der Waals surface area contributed by atoms with E-state index in [-0.39, 0.29) is 87.5 Å². The summed E-state index contributed by atoms with van der Waals surface area (Å²) in [6.45, 7) is 39.2. The summed E-state index contributed by atoms with van der Waals surface area (Å²) in [5, 5.41) is -0.359. The van der Waals surface area contributed by atoms with Crippen molar-refractivity contribution in [2.75, 3.05) is 9.80 Å². The molecular formula is C96H95BN4. The van der Waals surface area contributed by atoms with E-state index < -0.39 is 103 Å². The maximum atomic E-state index is 10.0. The number of hydrogen-bond acceptors (Lipinski definition) is 2. The number of para-hydroxylation sites is 4. The monoisotopic (exact) mass is 1330 g/mol. The highest BCUT2D eigenvalue weighted by molar-refractivity contribution is 7.00. The van der Waals surface area contributed by atoms with Crippen molar-refractivity contribution in [2.45, 2.75) is 157 Å². The molecule has 0 spiro atoms. The van der Waals surface area contributed by atoms with E-state index in [1.165, 1.54) is 4.57 Å². The van der Waals surface area contributed by atoms with Crippen LogP contribution >= 0.6 is 0 Å². The number of aromatic nitrogens is 2. The molecule has 502 valence electrons. The van der Waals surface area contributed by atoms with Crippen LogP contribution in [-0.4, -0.2) is 15.8 Å². The molecule has 2 aliphatic heterocycles. The van der Waals surface area contributed by atoms with E-state index >= 15 is 0 Å². The van der Waals surface area contributed by atoms with Crippen molar-refractivity contribution in [1.82, 2.24) is 9.13 Å². The first-order valence-electron chi connectivity index (χ1n) is 43.3. The number of benzene rings is 12. The van der Waals surface area contributed by atoms with E-state index in [0.717, 1.165) is 94.5 Å². The molecule has 0 atom stereocenters. The van der Waals surface area contributed by atoms with Gasteiger partial charge in [-0.15, -0.1) is 0 Å². The molecule has 0 aliphatic carbocycles. The van der Waals surface area contributed by atoms with Gasteiger partial charge in [0.15, 0.2) is 0 Å². The van der Waals surface area contributed by atoms with Gasteiger partial charge in [0, 0.05) is 61.4 Å². The fourth-order valence-corrected chi connectivity index (χ4v) is 14.9. The van der Waals surface area contributed by atoms with Crippen molar-refractivity contribution >= 4 is 101 Å². The molecule has 0 fully saturated rings. The third-order valence-electron chi connectivity index (χ3n) is 20.8. The van der Waals surface area contributed by atoms with Crippen LogP contribution in [0.2, 0.25) is 0 Å². The maximum Gasteiger partial charge on any atom is 0.252 e. The first-order chi connectivity index (χ1) is 54.5. The normalized spacial score (nSPS) is 15.8. The summed E-state index contributed by atoms with van der Waals surface area (Å²) >= 11 is 0. The van der Waals surface area contributed by atoms with Crippen LogP contribution < -0.4 is 26.2 Å². The summed E-state index contributed by atoms with van der Waals surface area (Å²) in [5.41, 5.74) is 17.7. The molecule has 0 N–H and O–H groups in total. The minimum atomic E-state index is -0.701. The van der Waals surface area contributed by atoms with Crippen molar-refractivity contribution in [3.8, 4) is 44.8 Å². The standard InChI is InChI=1S/C96H95BN4/c1-91(2,3)66-46-63(47-67(54-66)92(4,5)6)60-38-41-72(42-39-60)98-87-57-74(99-82-34-23-19-30-76(82)77-31-20-24-35-83(77)99)43-45-81(87)97-80-44-40-62(65-50-70(95(13,14)15)56-71(51-65)96(16,17)18)53-86(80)100(73-29-27-28-61(52-73)64-48-68(93(7,8)9)55-69(49-64)94(10,11)12)89-59-75(58-88(98)90(89)97)101-84-36-25-21-32-78(84)79-33-22-26-37-85(79)101/h19-59H,1-18H3/i19D,20D,21D,22D,23D,24D,25D,26D,30D,31D,32D,33D,34D,35D,36D,37D. The van der Waals surface area contributed by atoms with Crippen LogP contribution in [-0.2, 0) is 32.5 Å². The molecule has 16 rings (SSSR count). The van der Waals surface area contributed by atoms with Crippen molar-refractivity contribution in [3.05, 3.63) is 282 Å². The molecule has 0 amide bonds. The van der Waals surface area contributed by atoms with Gasteiger partial charge >= 0.3 is 0 Å². The van der Waals surface area contributed by atoms with Gasteiger partial charge in [-0.1, -0.05) is 294 Å². The molecule has 5 heteroatoms. The molecule has 0 unspecified atom stereocenters. The highest BCUT2D eigenvalue weighted by Gasteiger charge is 2.45. The Hall–Kier alpha value is -10.1. The summed E-state index contributed by atoms with van der Waals surface area (Å²) < 4.78 is 155. The summed E-state index contributed by atoms with van der Waals surface area (Å²) in [4.78, 5) is 4.38. The molecule has 0 saturated carbocycles. The second-order valence-corrected chi connectivity index (χ2v) is 34.1. The third-order valence-corrected chi connectivity index (χ3v) is 20.8. The Morgan fingerprint density at radius 1 is 0.257 bits per heavy atom. The highest BCUT2D eigenvalue weighted by atomic mass is 15.2. The predicted octanol–water partition coefficient (Wildman–Crippen LogP) is 24.7. The zero-order valence-electron chi connectivity index (χ0n) is 77.3. The lowest BCUT2D eigenvalue weighted by molar-refractivity contribution is 0.568. The second-order valence-electron chi connectivity index (χ2n) is 34.1. The van der Waals surface area contributed by atoms with Crippen molar-refractivity contribution in [3.63, 3.8) is 0 Å². The van der Waals surface area contributed by atoms with Crippen LogP contribution in [0.1, 0.15) is 180 Å². The number of rotatable bonds is 7. The topological polar surface area (TPSA) is 16.3 Å². The Balaban J connectivity index is 1.10. The van der Waals surface area contributed by atoms with E-state index in [0.29, 0.717) is 22.7 Å². The van der Waals surface area contributed by atoms with Crippen molar-refractivity contribution < 1.29 is 21.9 Å². The molecule has 12 aromatic carbocycles. The number of anilines is 6. The Morgan fingerprint density at radius 3 is 0.980 bits per heavy atom. The highest BCUT2D eigenvalue weighted by Crippen LogP contribution is 2.50. The Morgan fingerprint density at radius 2 is 0.574 bits per heavy atom. The number of nitrogens with zero attached hydrogens (tertiary/aromatic N) is 4. The van der Waals surface area contributed by atoms with Gasteiger partial charge in [-0.2, -0.15) is 0 Å². The summed E-state index contributed by atoms with van der Waals surface area (Å²) in [7, 11) is 0. The lowest BCUT2D eigenvalue weighted by atomic mass is 9.33. The molecule has 0 radical (unpaired) electrons. The van der Waals surface area contributed by atoms with E-state index in [1.807, 2.05) is 42.5 Å². The molecule has 14 aromatic rings. The van der Waals surface area contributed by atoms with Gasteiger partial charge in [0.1, 0.15) is 0 Å². The molecule has 0 bridgehead atoms. The van der Waals surface area contributed by atoms with Gasteiger partial charge < -0.3 is 18.9 Å². The fourth-order valence-electron chi connectivity index (χ4n) is 14.9. The molecule has 2 aliphatic rings. The Labute approximate surface area is 622 Å². The van der Waals surface area contributed by atoms with Gasteiger partial charge in [-0.3, -0.25) is 0 Å². The lowest BCUT2D eigenvalue weighted by Crippen LogP contribution is -2.61. The summed E-state index contributed by atoms with van der Waals surface area (Å²) in [6, 6.07) is 45.2. The minimum Gasteiger partial charge on any atom is -0.311 e. The van der Waals surface area contributed by atoms with Crippen LogP contribution in [0.5, 0.6) is 0 Å². The smallest absolute Gasteiger partial charge is 0.252 e. The molecule has 101 heavy (non-hydrogen) atoms. The van der Waals surface area contributed by atoms with E-state index in [9.17, 15) is 19.2 Å². The number of hydrogen-bond donors (Lipinski definition) is 0. The third kappa shape index (κ3) is 11.3. The zero-order chi connectivity index (χ0) is 84.7. The quantitative estimate of drug-likeness (QED) is 0.148. The molecule has 4 nitrogen and oxygen atoms in total. The Bertz CT molecular complexity index is 6420. The van der Waals surface area contributed by atoms with Gasteiger partial charge in [0.2, 0.25) is 0 Å². The average Bonchev–Trinajstić information content (AvgIpc) is 1.66. The van der Waals surface area contributed by atoms with E-state index in [1.54, 1.807) is 4.57 Å². The SMILES string of the molecule is [2H]c1c([2H])c([2H])c2c(c1[2H])c1c([2H])c([2H])c([2H])c([2H])c1n2-c1ccc2c(c1)N(c1ccc(-c3cc(C(C)(C)C)cc(C(C)(C)C)c3)cc1)c1cc(-n3c4c([2H])c([2H])c([2H])c([2H])c4c4c([2H])c([2H])c([2H])c([2H])c43)cc3c1B2c1ccc(-c2cc(C(C)(C)C)cc(C(C)(C)C)c2)cc1N3c1cccc(-c2cc(C(C)(C)C)cc(C(C)(C)C)c2)c1. The van der Waals surface area contributed by atoms with Gasteiger partial charge in [-0.05, 0) is 194 Å². The summed E-state index contributed by atoms with van der Waals surface area (Å²) in [6.07, 6.45) is 0. The van der Waals surface area contributed by atoms with Crippen LogP contribution in [0.15, 0.2) is 248 Å². The van der Waals surface area contributed by atoms with Crippen LogP contribution in [0.3, 0.4) is 0 Å².